The number of aliphatic imine (C=N–C) groups is 1. The first kappa shape index (κ1) is 9.71. The molecule has 0 saturated heterocycles. The molecule has 1 unspecified atom stereocenters. The first-order valence-electron chi connectivity index (χ1n) is 4.70. The van der Waals surface area contributed by atoms with Gasteiger partial charge in [0, 0.05) is 5.56 Å². The summed E-state index contributed by atoms with van der Waals surface area (Å²) in [7, 11) is 0. The predicted molar refractivity (Wildman–Crippen MR) is 56.4 cm³/mol. The molecule has 0 spiro atoms. The number of hydrogen-bond donors (Lipinski definition) is 1. The Hall–Kier alpha value is -1.84. The minimum absolute atomic E-state index is 0.0526. The van der Waals surface area contributed by atoms with E-state index in [-0.39, 0.29) is 11.9 Å². The standard InChI is InChI=1S/C11H12N2O2/c1-6-3-4-8(5-7(6)2)9-10(14)13-11(12)15-9/h3-5,9H,1-2H3,(H2,12,13,14). The number of hydrogen-bond acceptors (Lipinski definition) is 3. The van der Waals surface area contributed by atoms with Crippen LogP contribution in [0.4, 0.5) is 0 Å². The zero-order valence-corrected chi connectivity index (χ0v) is 8.65. The summed E-state index contributed by atoms with van der Waals surface area (Å²) in [5, 5.41) is 0. The van der Waals surface area contributed by atoms with Crippen LogP contribution in [-0.2, 0) is 9.53 Å². The lowest BCUT2D eigenvalue weighted by atomic mass is 10.0. The van der Waals surface area contributed by atoms with Crippen LogP contribution in [0.1, 0.15) is 22.8 Å². The van der Waals surface area contributed by atoms with Crippen molar-refractivity contribution in [3.63, 3.8) is 0 Å². The summed E-state index contributed by atoms with van der Waals surface area (Å²) in [4.78, 5) is 14.9. The van der Waals surface area contributed by atoms with Gasteiger partial charge in [0.05, 0.1) is 0 Å². The van der Waals surface area contributed by atoms with Crippen LogP contribution in [-0.4, -0.2) is 11.9 Å². The second-order valence-electron chi connectivity index (χ2n) is 3.63. The average Bonchev–Trinajstić information content (AvgIpc) is 2.50. The number of rotatable bonds is 1. The third kappa shape index (κ3) is 1.70. The number of ether oxygens (including phenoxy) is 1. The Kier molecular flexibility index (Phi) is 2.19. The van der Waals surface area contributed by atoms with Gasteiger partial charge in [-0.05, 0) is 25.0 Å². The van der Waals surface area contributed by atoms with E-state index in [0.29, 0.717) is 0 Å². The van der Waals surface area contributed by atoms with Crippen LogP contribution in [0, 0.1) is 13.8 Å². The van der Waals surface area contributed by atoms with Crippen molar-refractivity contribution in [2.75, 3.05) is 0 Å². The van der Waals surface area contributed by atoms with Gasteiger partial charge in [-0.3, -0.25) is 4.79 Å². The molecule has 1 aromatic carbocycles. The van der Waals surface area contributed by atoms with Crippen molar-refractivity contribution in [2.24, 2.45) is 10.7 Å². The second-order valence-corrected chi connectivity index (χ2v) is 3.63. The van der Waals surface area contributed by atoms with E-state index in [1.165, 1.54) is 5.56 Å². The molecule has 1 atom stereocenters. The van der Waals surface area contributed by atoms with Crippen LogP contribution >= 0.6 is 0 Å². The zero-order chi connectivity index (χ0) is 11.0. The van der Waals surface area contributed by atoms with Gasteiger partial charge in [0.25, 0.3) is 11.9 Å². The van der Waals surface area contributed by atoms with Crippen molar-refractivity contribution < 1.29 is 9.53 Å². The van der Waals surface area contributed by atoms with E-state index >= 15 is 0 Å². The third-order valence-electron chi connectivity index (χ3n) is 2.52. The number of carbonyl (C=O) groups excluding carboxylic acids is 1. The van der Waals surface area contributed by atoms with Crippen molar-refractivity contribution in [1.29, 1.82) is 0 Å². The van der Waals surface area contributed by atoms with Crippen molar-refractivity contribution in [3.05, 3.63) is 34.9 Å². The Labute approximate surface area is 87.8 Å². The first-order valence-corrected chi connectivity index (χ1v) is 4.70. The lowest BCUT2D eigenvalue weighted by molar-refractivity contribution is -0.122. The maximum absolute atomic E-state index is 11.4. The molecule has 15 heavy (non-hydrogen) atoms. The van der Waals surface area contributed by atoms with Gasteiger partial charge < -0.3 is 10.5 Å². The third-order valence-corrected chi connectivity index (χ3v) is 2.52. The number of aryl methyl sites for hydroxylation is 2. The summed E-state index contributed by atoms with van der Waals surface area (Å²) in [6.07, 6.45) is -0.663. The Bertz CT molecular complexity index is 452. The van der Waals surface area contributed by atoms with Crippen LogP contribution in [0.2, 0.25) is 0 Å². The molecule has 0 fully saturated rings. The molecule has 2 rings (SSSR count). The van der Waals surface area contributed by atoms with E-state index in [4.69, 9.17) is 10.5 Å². The van der Waals surface area contributed by atoms with Gasteiger partial charge in [0.1, 0.15) is 0 Å². The Morgan fingerprint density at radius 2 is 2.07 bits per heavy atom. The highest BCUT2D eigenvalue weighted by Gasteiger charge is 2.29. The molecule has 0 bridgehead atoms. The van der Waals surface area contributed by atoms with Crippen LogP contribution in [0.3, 0.4) is 0 Å². The summed E-state index contributed by atoms with van der Waals surface area (Å²) in [5.41, 5.74) is 8.42. The second kappa shape index (κ2) is 3.38. The topological polar surface area (TPSA) is 64.7 Å². The predicted octanol–water partition coefficient (Wildman–Crippen LogP) is 1.22. The smallest absolute Gasteiger partial charge is 0.296 e. The van der Waals surface area contributed by atoms with Crippen LogP contribution in [0.5, 0.6) is 0 Å². The van der Waals surface area contributed by atoms with Gasteiger partial charge in [0.15, 0.2) is 0 Å². The van der Waals surface area contributed by atoms with E-state index in [9.17, 15) is 4.79 Å². The Balaban J connectivity index is 2.32. The molecule has 0 aromatic heterocycles. The van der Waals surface area contributed by atoms with Gasteiger partial charge in [-0.15, -0.1) is 0 Å². The van der Waals surface area contributed by atoms with Crippen molar-refractivity contribution in [2.45, 2.75) is 20.0 Å². The van der Waals surface area contributed by atoms with E-state index in [0.717, 1.165) is 11.1 Å². The molecule has 0 aliphatic carbocycles. The van der Waals surface area contributed by atoms with Gasteiger partial charge in [-0.1, -0.05) is 18.2 Å². The van der Waals surface area contributed by atoms with Crippen LogP contribution < -0.4 is 5.73 Å². The number of benzene rings is 1. The van der Waals surface area contributed by atoms with Crippen LogP contribution in [0.15, 0.2) is 23.2 Å². The molecule has 4 heteroatoms. The highest BCUT2D eigenvalue weighted by molar-refractivity contribution is 5.98. The molecule has 78 valence electrons. The minimum Gasteiger partial charge on any atom is -0.447 e. The fraction of sp³-hybridized carbons (Fsp3) is 0.273. The van der Waals surface area contributed by atoms with Crippen molar-refractivity contribution in [3.8, 4) is 0 Å². The number of amidine groups is 1. The molecular formula is C11H12N2O2. The monoisotopic (exact) mass is 204 g/mol. The summed E-state index contributed by atoms with van der Waals surface area (Å²) >= 11 is 0. The lowest BCUT2D eigenvalue weighted by Gasteiger charge is -2.10. The quantitative estimate of drug-likeness (QED) is 0.747. The summed E-state index contributed by atoms with van der Waals surface area (Å²) < 4.78 is 5.13. The van der Waals surface area contributed by atoms with Crippen molar-refractivity contribution >= 4 is 11.9 Å². The molecule has 0 saturated carbocycles. The first-order chi connectivity index (χ1) is 7.08. The fourth-order valence-electron chi connectivity index (χ4n) is 1.50. The number of nitrogens with zero attached hydrogens (tertiary/aromatic N) is 1. The highest BCUT2D eigenvalue weighted by atomic mass is 16.5. The van der Waals surface area contributed by atoms with E-state index in [1.807, 2.05) is 32.0 Å². The molecular weight excluding hydrogens is 192 g/mol. The normalized spacial score (nSPS) is 20.0. The molecule has 1 aliphatic heterocycles. The summed E-state index contributed by atoms with van der Waals surface area (Å²) in [6, 6.07) is 5.68. The molecule has 1 aromatic rings. The van der Waals surface area contributed by atoms with Gasteiger partial charge in [-0.25, -0.2) is 0 Å². The Morgan fingerprint density at radius 1 is 1.33 bits per heavy atom. The lowest BCUT2D eigenvalue weighted by Crippen LogP contribution is -2.14. The zero-order valence-electron chi connectivity index (χ0n) is 8.65. The number of carbonyl (C=O) groups is 1. The SMILES string of the molecule is Cc1ccc(C2OC(N)=NC2=O)cc1C. The van der Waals surface area contributed by atoms with Gasteiger partial charge >= 0.3 is 0 Å². The molecule has 1 amide bonds. The molecule has 1 heterocycles. The molecule has 2 N–H and O–H groups in total. The number of amides is 1. The maximum Gasteiger partial charge on any atom is 0.296 e. The van der Waals surface area contributed by atoms with E-state index in [2.05, 4.69) is 4.99 Å². The number of nitrogens with two attached hydrogens (primary N) is 1. The summed E-state index contributed by atoms with van der Waals surface area (Å²) in [5.74, 6) is -0.337. The fourth-order valence-corrected chi connectivity index (χ4v) is 1.50. The highest BCUT2D eigenvalue weighted by Crippen LogP contribution is 2.24. The minimum atomic E-state index is -0.663. The van der Waals surface area contributed by atoms with E-state index in [1.54, 1.807) is 0 Å². The van der Waals surface area contributed by atoms with Crippen molar-refractivity contribution in [1.82, 2.24) is 0 Å². The molecule has 4 nitrogen and oxygen atoms in total. The van der Waals surface area contributed by atoms with E-state index < -0.39 is 6.10 Å². The van der Waals surface area contributed by atoms with Crippen LogP contribution in [0.25, 0.3) is 0 Å². The Morgan fingerprint density at radius 3 is 2.60 bits per heavy atom. The average molecular weight is 204 g/mol. The maximum atomic E-state index is 11.4. The summed E-state index contributed by atoms with van der Waals surface area (Å²) in [6.45, 7) is 4.00. The molecule has 0 radical (unpaired) electrons. The van der Waals surface area contributed by atoms with Gasteiger partial charge in [-0.2, -0.15) is 4.99 Å². The van der Waals surface area contributed by atoms with Gasteiger partial charge in [0.2, 0.25) is 6.10 Å². The largest absolute Gasteiger partial charge is 0.447 e. The molecule has 1 aliphatic rings.